The van der Waals surface area contributed by atoms with Gasteiger partial charge in [-0.25, -0.2) is 0 Å². The molecular formula is C14H17NO3. The lowest BCUT2D eigenvalue weighted by molar-refractivity contribution is -0.137. The topological polar surface area (TPSA) is 57.6 Å². The van der Waals surface area contributed by atoms with Crippen molar-refractivity contribution in [3.05, 3.63) is 29.3 Å². The molecule has 0 bridgehead atoms. The number of amides is 1. The Morgan fingerprint density at radius 3 is 2.83 bits per heavy atom. The number of fused-ring (bicyclic) bond motifs is 1. The fourth-order valence-electron chi connectivity index (χ4n) is 2.36. The zero-order valence-electron chi connectivity index (χ0n) is 10.6. The molecule has 0 aromatic heterocycles. The van der Waals surface area contributed by atoms with E-state index in [2.05, 4.69) is 0 Å². The third-order valence-corrected chi connectivity index (χ3v) is 3.50. The Labute approximate surface area is 106 Å². The number of nitrogens with zero attached hydrogens (tertiary/aromatic N) is 1. The summed E-state index contributed by atoms with van der Waals surface area (Å²) in [4.78, 5) is 24.0. The molecule has 1 N–H and O–H groups in total. The molecule has 1 atom stereocenters. The minimum atomic E-state index is -0.785. The van der Waals surface area contributed by atoms with Gasteiger partial charge in [0, 0.05) is 19.2 Å². The first-order valence-electron chi connectivity index (χ1n) is 6.10. The summed E-state index contributed by atoms with van der Waals surface area (Å²) in [6.45, 7) is 1.91. The molecule has 0 saturated heterocycles. The number of aliphatic carboxylic acids is 1. The minimum absolute atomic E-state index is 0.00395. The van der Waals surface area contributed by atoms with Crippen molar-refractivity contribution in [3.8, 4) is 0 Å². The van der Waals surface area contributed by atoms with E-state index in [1.807, 2.05) is 25.1 Å². The maximum absolute atomic E-state index is 11.6. The van der Waals surface area contributed by atoms with Crippen molar-refractivity contribution in [3.63, 3.8) is 0 Å². The van der Waals surface area contributed by atoms with E-state index < -0.39 is 5.97 Å². The number of carboxylic acid groups (broad SMARTS) is 1. The van der Waals surface area contributed by atoms with Crippen molar-refractivity contribution >= 4 is 17.6 Å². The van der Waals surface area contributed by atoms with E-state index >= 15 is 0 Å². The monoisotopic (exact) mass is 247 g/mol. The number of carboxylic acids is 1. The molecule has 1 unspecified atom stereocenters. The molecular weight excluding hydrogens is 230 g/mol. The van der Waals surface area contributed by atoms with Gasteiger partial charge >= 0.3 is 5.97 Å². The normalized spacial score (nSPS) is 16.3. The Balaban J connectivity index is 2.28. The Hall–Kier alpha value is -1.84. The van der Waals surface area contributed by atoms with Crippen LogP contribution in [0.5, 0.6) is 0 Å². The number of carbonyl (C=O) groups is 2. The van der Waals surface area contributed by atoms with Crippen LogP contribution in [-0.2, 0) is 16.0 Å². The summed E-state index contributed by atoms with van der Waals surface area (Å²) in [5.74, 6) is -0.655. The molecule has 0 radical (unpaired) electrons. The molecule has 1 amide bonds. The molecule has 1 heterocycles. The number of anilines is 1. The summed E-state index contributed by atoms with van der Waals surface area (Å²) in [6, 6.07) is 5.87. The zero-order chi connectivity index (χ0) is 13.3. The average molecular weight is 247 g/mol. The van der Waals surface area contributed by atoms with E-state index in [-0.39, 0.29) is 18.2 Å². The van der Waals surface area contributed by atoms with Crippen LogP contribution in [0.3, 0.4) is 0 Å². The van der Waals surface area contributed by atoms with Crippen LogP contribution in [0.1, 0.15) is 36.8 Å². The third-order valence-electron chi connectivity index (χ3n) is 3.50. The lowest BCUT2D eigenvalue weighted by Gasteiger charge is -2.26. The summed E-state index contributed by atoms with van der Waals surface area (Å²) in [6.07, 6.45) is 1.40. The number of carbonyl (C=O) groups excluding carboxylic acids is 1. The Kier molecular flexibility index (Phi) is 3.36. The van der Waals surface area contributed by atoms with Gasteiger partial charge in [0.2, 0.25) is 5.91 Å². The van der Waals surface area contributed by atoms with Crippen LogP contribution in [0.2, 0.25) is 0 Å². The van der Waals surface area contributed by atoms with Gasteiger partial charge in [-0.2, -0.15) is 0 Å². The van der Waals surface area contributed by atoms with Gasteiger partial charge in [-0.05, 0) is 29.5 Å². The van der Waals surface area contributed by atoms with Crippen molar-refractivity contribution in [1.29, 1.82) is 0 Å². The summed E-state index contributed by atoms with van der Waals surface area (Å²) < 4.78 is 0. The second-order valence-corrected chi connectivity index (χ2v) is 4.84. The largest absolute Gasteiger partial charge is 0.481 e. The van der Waals surface area contributed by atoms with Gasteiger partial charge in [-0.1, -0.05) is 19.1 Å². The maximum Gasteiger partial charge on any atom is 0.303 e. The van der Waals surface area contributed by atoms with Crippen LogP contribution in [0, 0.1) is 0 Å². The van der Waals surface area contributed by atoms with E-state index in [9.17, 15) is 9.59 Å². The second-order valence-electron chi connectivity index (χ2n) is 4.84. The van der Waals surface area contributed by atoms with Crippen LogP contribution < -0.4 is 4.90 Å². The predicted molar refractivity (Wildman–Crippen MR) is 68.8 cm³/mol. The number of hydrogen-bond acceptors (Lipinski definition) is 2. The van der Waals surface area contributed by atoms with Gasteiger partial charge < -0.3 is 10.0 Å². The molecule has 1 aliphatic heterocycles. The van der Waals surface area contributed by atoms with Gasteiger partial charge in [0.05, 0.1) is 6.42 Å². The van der Waals surface area contributed by atoms with Crippen LogP contribution in [-0.4, -0.2) is 24.0 Å². The molecule has 1 aromatic carbocycles. The molecule has 1 aliphatic rings. The molecule has 0 fully saturated rings. The van der Waals surface area contributed by atoms with Crippen molar-refractivity contribution in [2.75, 3.05) is 11.9 Å². The fraction of sp³-hybridized carbons (Fsp3) is 0.429. The molecule has 0 saturated carbocycles. The summed E-state index contributed by atoms with van der Waals surface area (Å²) >= 11 is 0. The van der Waals surface area contributed by atoms with Gasteiger partial charge in [-0.3, -0.25) is 9.59 Å². The van der Waals surface area contributed by atoms with Crippen molar-refractivity contribution in [2.45, 2.75) is 32.1 Å². The molecule has 4 nitrogen and oxygen atoms in total. The van der Waals surface area contributed by atoms with Crippen molar-refractivity contribution in [1.82, 2.24) is 0 Å². The fourth-order valence-corrected chi connectivity index (χ4v) is 2.36. The highest BCUT2D eigenvalue weighted by Crippen LogP contribution is 2.30. The highest BCUT2D eigenvalue weighted by atomic mass is 16.4. The highest BCUT2D eigenvalue weighted by Gasteiger charge is 2.21. The predicted octanol–water partition coefficient (Wildman–Crippen LogP) is 2.17. The summed E-state index contributed by atoms with van der Waals surface area (Å²) in [5.41, 5.74) is 3.10. The van der Waals surface area contributed by atoms with Gasteiger partial charge in [0.15, 0.2) is 0 Å². The number of aryl methyl sites for hydroxylation is 1. The first kappa shape index (κ1) is 12.6. The number of benzene rings is 1. The van der Waals surface area contributed by atoms with Crippen molar-refractivity contribution in [2.24, 2.45) is 0 Å². The molecule has 4 heteroatoms. The standard InChI is InChI=1S/C14H17NO3/c1-9(7-14(17)18)10-3-5-12-11(8-10)4-6-13(16)15(12)2/h3,5,8-9H,4,6-7H2,1-2H3,(H,17,18). The third kappa shape index (κ3) is 2.37. The summed E-state index contributed by atoms with van der Waals surface area (Å²) in [5, 5.41) is 8.81. The molecule has 18 heavy (non-hydrogen) atoms. The van der Waals surface area contributed by atoms with Crippen LogP contribution in [0.25, 0.3) is 0 Å². The Morgan fingerprint density at radius 1 is 1.44 bits per heavy atom. The molecule has 2 rings (SSSR count). The number of hydrogen-bond donors (Lipinski definition) is 1. The van der Waals surface area contributed by atoms with Gasteiger partial charge in [0.1, 0.15) is 0 Å². The SMILES string of the molecule is CC(CC(=O)O)c1ccc2c(c1)CCC(=O)N2C. The van der Waals surface area contributed by atoms with Gasteiger partial charge in [-0.15, -0.1) is 0 Å². The Bertz CT molecular complexity index is 496. The minimum Gasteiger partial charge on any atom is -0.481 e. The molecule has 96 valence electrons. The molecule has 0 aliphatic carbocycles. The van der Waals surface area contributed by atoms with Crippen LogP contribution >= 0.6 is 0 Å². The van der Waals surface area contributed by atoms with Crippen molar-refractivity contribution < 1.29 is 14.7 Å². The van der Waals surface area contributed by atoms with E-state index in [0.29, 0.717) is 6.42 Å². The number of rotatable bonds is 3. The summed E-state index contributed by atoms with van der Waals surface area (Å²) in [7, 11) is 1.78. The smallest absolute Gasteiger partial charge is 0.303 e. The van der Waals surface area contributed by atoms with E-state index in [0.717, 1.165) is 23.2 Å². The first-order chi connectivity index (χ1) is 8.49. The lowest BCUT2D eigenvalue weighted by atomic mass is 9.92. The molecule has 1 aromatic rings. The Morgan fingerprint density at radius 2 is 2.17 bits per heavy atom. The quantitative estimate of drug-likeness (QED) is 0.890. The van der Waals surface area contributed by atoms with Crippen LogP contribution in [0.4, 0.5) is 5.69 Å². The molecule has 0 spiro atoms. The highest BCUT2D eigenvalue weighted by molar-refractivity contribution is 5.95. The van der Waals surface area contributed by atoms with E-state index in [1.165, 1.54) is 0 Å². The average Bonchev–Trinajstić information content (AvgIpc) is 2.32. The lowest BCUT2D eigenvalue weighted by Crippen LogP contribution is -2.31. The zero-order valence-corrected chi connectivity index (χ0v) is 10.6. The maximum atomic E-state index is 11.6. The van der Waals surface area contributed by atoms with Crippen LogP contribution in [0.15, 0.2) is 18.2 Å². The van der Waals surface area contributed by atoms with E-state index in [1.54, 1.807) is 11.9 Å². The second kappa shape index (κ2) is 4.80. The van der Waals surface area contributed by atoms with E-state index in [4.69, 9.17) is 5.11 Å². The van der Waals surface area contributed by atoms with Gasteiger partial charge in [0.25, 0.3) is 0 Å². The first-order valence-corrected chi connectivity index (χ1v) is 6.10.